The first-order valence-corrected chi connectivity index (χ1v) is 5.46. The van der Waals surface area contributed by atoms with E-state index >= 15 is 0 Å². The number of benzene rings is 1. The van der Waals surface area contributed by atoms with E-state index < -0.39 is 5.54 Å². The van der Waals surface area contributed by atoms with Crippen LogP contribution in [-0.4, -0.2) is 18.8 Å². The smallest absolute Gasteiger partial charge is 0.130 e. The van der Waals surface area contributed by atoms with Crippen LogP contribution in [0, 0.1) is 18.3 Å². The summed E-state index contributed by atoms with van der Waals surface area (Å²) < 4.78 is 5.21. The average Bonchev–Trinajstić information content (AvgIpc) is 2.26. The highest BCUT2D eigenvalue weighted by Crippen LogP contribution is 2.36. The van der Waals surface area contributed by atoms with Gasteiger partial charge in [-0.3, -0.25) is 0 Å². The number of hydrogen-bond donors (Lipinski definition) is 1. The summed E-state index contributed by atoms with van der Waals surface area (Å²) in [6, 6.07) is 10.5. The molecule has 0 amide bonds. The van der Waals surface area contributed by atoms with E-state index in [2.05, 4.69) is 11.4 Å². The van der Waals surface area contributed by atoms with E-state index in [1.807, 2.05) is 31.2 Å². The molecule has 1 aromatic rings. The largest absolute Gasteiger partial charge is 0.381 e. The lowest BCUT2D eigenvalue weighted by molar-refractivity contribution is 0.0129. The van der Waals surface area contributed by atoms with Gasteiger partial charge in [-0.15, -0.1) is 0 Å². The van der Waals surface area contributed by atoms with Crippen LogP contribution < -0.4 is 5.32 Å². The van der Waals surface area contributed by atoms with E-state index in [9.17, 15) is 5.26 Å². The minimum absolute atomic E-state index is 0.220. The summed E-state index contributed by atoms with van der Waals surface area (Å²) in [4.78, 5) is 0. The van der Waals surface area contributed by atoms with Gasteiger partial charge in [-0.1, -0.05) is 17.7 Å². The molecule has 0 unspecified atom stereocenters. The number of methoxy groups -OCH3 is 1. The van der Waals surface area contributed by atoms with Crippen molar-refractivity contribution in [1.29, 1.82) is 5.26 Å². The van der Waals surface area contributed by atoms with Gasteiger partial charge in [0.05, 0.1) is 12.2 Å². The van der Waals surface area contributed by atoms with Gasteiger partial charge >= 0.3 is 0 Å². The molecule has 0 aliphatic heterocycles. The second kappa shape index (κ2) is 4.15. The topological polar surface area (TPSA) is 45.0 Å². The van der Waals surface area contributed by atoms with Gasteiger partial charge < -0.3 is 10.1 Å². The molecule has 1 fully saturated rings. The molecule has 1 aliphatic rings. The molecule has 16 heavy (non-hydrogen) atoms. The zero-order chi connectivity index (χ0) is 11.6. The van der Waals surface area contributed by atoms with Crippen molar-refractivity contribution < 1.29 is 4.74 Å². The van der Waals surface area contributed by atoms with Crippen molar-refractivity contribution in [3.05, 3.63) is 29.8 Å². The van der Waals surface area contributed by atoms with Gasteiger partial charge in [0.15, 0.2) is 0 Å². The highest BCUT2D eigenvalue weighted by Gasteiger charge is 2.45. The van der Waals surface area contributed by atoms with Crippen LogP contribution in [0.15, 0.2) is 24.3 Å². The lowest BCUT2D eigenvalue weighted by Crippen LogP contribution is -2.52. The lowest BCUT2D eigenvalue weighted by Gasteiger charge is -2.42. The van der Waals surface area contributed by atoms with Crippen molar-refractivity contribution in [2.75, 3.05) is 12.4 Å². The Morgan fingerprint density at radius 2 is 2.00 bits per heavy atom. The highest BCUT2D eigenvalue weighted by molar-refractivity contribution is 5.50. The number of ether oxygens (including phenoxy) is 1. The second-order valence-electron chi connectivity index (χ2n) is 4.45. The van der Waals surface area contributed by atoms with Crippen LogP contribution >= 0.6 is 0 Å². The minimum atomic E-state index is -0.435. The first kappa shape index (κ1) is 11.0. The van der Waals surface area contributed by atoms with Crippen LogP contribution in [0.1, 0.15) is 18.4 Å². The second-order valence-corrected chi connectivity index (χ2v) is 4.45. The molecule has 2 rings (SSSR count). The Kier molecular flexibility index (Phi) is 2.84. The van der Waals surface area contributed by atoms with Crippen molar-refractivity contribution in [1.82, 2.24) is 0 Å². The van der Waals surface area contributed by atoms with E-state index in [4.69, 9.17) is 4.74 Å². The van der Waals surface area contributed by atoms with Gasteiger partial charge in [-0.05, 0) is 19.1 Å². The lowest BCUT2D eigenvalue weighted by atomic mass is 9.75. The first-order chi connectivity index (χ1) is 7.67. The SMILES string of the molecule is COC1CC(C#N)(Nc2ccc(C)cc2)C1. The van der Waals surface area contributed by atoms with Gasteiger partial charge in [0.2, 0.25) is 0 Å². The van der Waals surface area contributed by atoms with Crippen molar-refractivity contribution >= 4 is 5.69 Å². The fraction of sp³-hybridized carbons (Fsp3) is 0.462. The molecule has 0 bridgehead atoms. The molecule has 3 nitrogen and oxygen atoms in total. The summed E-state index contributed by atoms with van der Waals surface area (Å²) in [5, 5.41) is 12.5. The van der Waals surface area contributed by atoms with Crippen LogP contribution in [0.2, 0.25) is 0 Å². The van der Waals surface area contributed by atoms with Gasteiger partial charge in [-0.2, -0.15) is 5.26 Å². The van der Waals surface area contributed by atoms with Crippen LogP contribution in [0.3, 0.4) is 0 Å². The summed E-state index contributed by atoms with van der Waals surface area (Å²) in [5.41, 5.74) is 1.79. The molecule has 1 aromatic carbocycles. The Hall–Kier alpha value is -1.53. The first-order valence-electron chi connectivity index (χ1n) is 5.46. The van der Waals surface area contributed by atoms with E-state index in [0.29, 0.717) is 0 Å². The number of aryl methyl sites for hydroxylation is 1. The van der Waals surface area contributed by atoms with Crippen LogP contribution in [0.5, 0.6) is 0 Å². The maximum atomic E-state index is 9.20. The zero-order valence-electron chi connectivity index (χ0n) is 9.66. The number of hydrogen-bond acceptors (Lipinski definition) is 3. The maximum Gasteiger partial charge on any atom is 0.130 e. The normalized spacial score (nSPS) is 27.9. The molecule has 84 valence electrons. The Bertz CT molecular complexity index is 399. The molecule has 0 aromatic heterocycles. The number of nitriles is 1. The van der Waals surface area contributed by atoms with Crippen LogP contribution in [0.4, 0.5) is 5.69 Å². The molecule has 0 radical (unpaired) electrons. The van der Waals surface area contributed by atoms with Crippen molar-refractivity contribution in [2.45, 2.75) is 31.4 Å². The molecule has 0 spiro atoms. The predicted octanol–water partition coefficient (Wildman–Crippen LogP) is 2.48. The van der Waals surface area contributed by atoms with Gasteiger partial charge in [0.25, 0.3) is 0 Å². The summed E-state index contributed by atoms with van der Waals surface area (Å²) >= 11 is 0. The molecule has 1 N–H and O–H groups in total. The van der Waals surface area contributed by atoms with E-state index in [1.54, 1.807) is 7.11 Å². The van der Waals surface area contributed by atoms with E-state index in [1.165, 1.54) is 5.56 Å². The van der Waals surface area contributed by atoms with E-state index in [-0.39, 0.29) is 6.10 Å². The van der Waals surface area contributed by atoms with Crippen molar-refractivity contribution in [3.8, 4) is 6.07 Å². The monoisotopic (exact) mass is 216 g/mol. The fourth-order valence-corrected chi connectivity index (χ4v) is 2.02. The molecular formula is C13H16N2O. The molecule has 1 aliphatic carbocycles. The predicted molar refractivity (Wildman–Crippen MR) is 63.2 cm³/mol. The quantitative estimate of drug-likeness (QED) is 0.844. The van der Waals surface area contributed by atoms with E-state index in [0.717, 1.165) is 18.5 Å². The standard InChI is InChI=1S/C13H16N2O/c1-10-3-5-11(6-4-10)15-13(9-14)7-12(8-13)16-2/h3-6,12,15H,7-8H2,1-2H3. The molecule has 0 saturated heterocycles. The number of nitrogens with one attached hydrogen (secondary N) is 1. The number of anilines is 1. The number of nitrogens with zero attached hydrogens (tertiary/aromatic N) is 1. The molecule has 1 saturated carbocycles. The third-order valence-electron chi connectivity index (χ3n) is 3.13. The Morgan fingerprint density at radius 3 is 2.50 bits per heavy atom. The Balaban J connectivity index is 2.04. The third-order valence-corrected chi connectivity index (χ3v) is 3.13. The minimum Gasteiger partial charge on any atom is -0.381 e. The Morgan fingerprint density at radius 1 is 1.38 bits per heavy atom. The molecule has 0 heterocycles. The van der Waals surface area contributed by atoms with Gasteiger partial charge in [0, 0.05) is 25.6 Å². The summed E-state index contributed by atoms with van der Waals surface area (Å²) in [7, 11) is 1.69. The van der Waals surface area contributed by atoms with Crippen LogP contribution in [-0.2, 0) is 4.74 Å². The van der Waals surface area contributed by atoms with Crippen molar-refractivity contribution in [2.24, 2.45) is 0 Å². The van der Waals surface area contributed by atoms with Gasteiger partial charge in [0.1, 0.15) is 5.54 Å². The summed E-state index contributed by atoms with van der Waals surface area (Å²) in [5.74, 6) is 0. The summed E-state index contributed by atoms with van der Waals surface area (Å²) in [6.07, 6.45) is 1.74. The average molecular weight is 216 g/mol. The molecule has 0 atom stereocenters. The molecule has 3 heteroatoms. The fourth-order valence-electron chi connectivity index (χ4n) is 2.02. The van der Waals surface area contributed by atoms with Crippen LogP contribution in [0.25, 0.3) is 0 Å². The van der Waals surface area contributed by atoms with Crippen molar-refractivity contribution in [3.63, 3.8) is 0 Å². The highest BCUT2D eigenvalue weighted by atomic mass is 16.5. The zero-order valence-corrected chi connectivity index (χ0v) is 9.66. The third kappa shape index (κ3) is 2.02. The maximum absolute atomic E-state index is 9.20. The van der Waals surface area contributed by atoms with Gasteiger partial charge in [-0.25, -0.2) is 0 Å². The molecular weight excluding hydrogens is 200 g/mol. The Labute approximate surface area is 96.0 Å². The summed E-state index contributed by atoms with van der Waals surface area (Å²) in [6.45, 7) is 2.05. The number of rotatable bonds is 3.